The number of carbonyl (C=O) groups excluding carboxylic acids is 1. The van der Waals surface area contributed by atoms with E-state index in [-0.39, 0.29) is 17.9 Å². The lowest BCUT2D eigenvalue weighted by Gasteiger charge is -2.23. The number of nitrogens with one attached hydrogen (secondary N) is 1. The van der Waals surface area contributed by atoms with Crippen molar-refractivity contribution in [3.8, 4) is 0 Å². The summed E-state index contributed by atoms with van der Waals surface area (Å²) >= 11 is 0. The predicted octanol–water partition coefficient (Wildman–Crippen LogP) is 3.09. The molecule has 7 heteroatoms. The fourth-order valence-electron chi connectivity index (χ4n) is 4.82. The minimum Gasteiger partial charge on any atom is -0.381 e. The number of hydrogen-bond donors (Lipinski definition) is 1. The Bertz CT molecular complexity index is 1090. The van der Waals surface area contributed by atoms with Crippen LogP contribution >= 0.6 is 0 Å². The Morgan fingerprint density at radius 3 is 2.75 bits per heavy atom. The molecule has 3 heterocycles. The molecule has 3 aromatic rings. The average molecular weight is 434 g/mol. The number of nitrogens with zero attached hydrogens (tertiary/aromatic N) is 4. The van der Waals surface area contributed by atoms with E-state index in [4.69, 9.17) is 4.74 Å². The van der Waals surface area contributed by atoms with Gasteiger partial charge in [-0.2, -0.15) is 0 Å². The van der Waals surface area contributed by atoms with Gasteiger partial charge in [0.05, 0.1) is 6.04 Å². The highest BCUT2D eigenvalue weighted by atomic mass is 16.5. The monoisotopic (exact) mass is 433 g/mol. The summed E-state index contributed by atoms with van der Waals surface area (Å²) < 4.78 is 7.58. The van der Waals surface area contributed by atoms with E-state index < -0.39 is 0 Å². The SMILES string of the molecule is CC(NC(=O)C1CCOCC1)c1nnc2n1CCN(Cc1ccc3ccccc3c1)CC2. The van der Waals surface area contributed by atoms with Crippen molar-refractivity contribution >= 4 is 16.7 Å². The topological polar surface area (TPSA) is 72.3 Å². The highest BCUT2D eigenvalue weighted by molar-refractivity contribution is 5.83. The van der Waals surface area contributed by atoms with Crippen LogP contribution in [-0.4, -0.2) is 51.9 Å². The Kier molecular flexibility index (Phi) is 6.19. The first-order valence-electron chi connectivity index (χ1n) is 11.7. The van der Waals surface area contributed by atoms with E-state index in [0.717, 1.165) is 57.1 Å². The van der Waals surface area contributed by atoms with Crippen molar-refractivity contribution in [2.24, 2.45) is 5.92 Å². The van der Waals surface area contributed by atoms with Crippen molar-refractivity contribution in [1.29, 1.82) is 0 Å². The quantitative estimate of drug-likeness (QED) is 0.670. The van der Waals surface area contributed by atoms with E-state index in [1.807, 2.05) is 6.92 Å². The lowest BCUT2D eigenvalue weighted by Crippen LogP contribution is -2.36. The van der Waals surface area contributed by atoms with Crippen LogP contribution in [0.5, 0.6) is 0 Å². The van der Waals surface area contributed by atoms with E-state index in [1.165, 1.54) is 16.3 Å². The van der Waals surface area contributed by atoms with E-state index in [1.54, 1.807) is 0 Å². The van der Waals surface area contributed by atoms with Gasteiger partial charge in [0.1, 0.15) is 5.82 Å². The second-order valence-corrected chi connectivity index (χ2v) is 8.95. The molecular weight excluding hydrogens is 402 g/mol. The summed E-state index contributed by atoms with van der Waals surface area (Å²) in [5, 5.41) is 14.6. The van der Waals surface area contributed by atoms with Gasteiger partial charge in [-0.15, -0.1) is 10.2 Å². The number of carbonyl (C=O) groups is 1. The maximum absolute atomic E-state index is 12.7. The average Bonchev–Trinajstić information content (AvgIpc) is 3.14. The Morgan fingerprint density at radius 2 is 1.91 bits per heavy atom. The zero-order valence-corrected chi connectivity index (χ0v) is 18.7. The fraction of sp³-hybridized carbons (Fsp3) is 0.480. The summed E-state index contributed by atoms with van der Waals surface area (Å²) in [6.45, 7) is 6.99. The molecule has 1 amide bonds. The highest BCUT2D eigenvalue weighted by Crippen LogP contribution is 2.21. The minimum atomic E-state index is -0.154. The zero-order chi connectivity index (χ0) is 21.9. The first-order chi connectivity index (χ1) is 15.7. The molecule has 1 N–H and O–H groups in total. The smallest absolute Gasteiger partial charge is 0.223 e. The third kappa shape index (κ3) is 4.54. The molecule has 168 valence electrons. The minimum absolute atomic E-state index is 0.0372. The molecule has 1 saturated heterocycles. The molecule has 1 fully saturated rings. The maximum Gasteiger partial charge on any atom is 0.223 e. The molecule has 0 bridgehead atoms. The molecule has 2 aliphatic heterocycles. The van der Waals surface area contributed by atoms with Gasteiger partial charge >= 0.3 is 0 Å². The zero-order valence-electron chi connectivity index (χ0n) is 18.7. The normalized spacial score (nSPS) is 18.8. The first kappa shape index (κ1) is 21.1. The van der Waals surface area contributed by atoms with Gasteiger partial charge < -0.3 is 14.6 Å². The molecule has 0 aliphatic carbocycles. The van der Waals surface area contributed by atoms with Crippen molar-refractivity contribution < 1.29 is 9.53 Å². The van der Waals surface area contributed by atoms with Gasteiger partial charge in [0.2, 0.25) is 5.91 Å². The number of benzene rings is 2. The molecule has 0 saturated carbocycles. The van der Waals surface area contributed by atoms with Gasteiger partial charge in [0.25, 0.3) is 0 Å². The Morgan fingerprint density at radius 1 is 1.09 bits per heavy atom. The van der Waals surface area contributed by atoms with Gasteiger partial charge in [-0.25, -0.2) is 0 Å². The van der Waals surface area contributed by atoms with Gasteiger partial charge in [0.15, 0.2) is 5.82 Å². The van der Waals surface area contributed by atoms with Crippen LogP contribution in [0.15, 0.2) is 42.5 Å². The van der Waals surface area contributed by atoms with Gasteiger partial charge in [-0.05, 0) is 42.2 Å². The number of ether oxygens (including phenoxy) is 1. The third-order valence-corrected chi connectivity index (χ3v) is 6.71. The van der Waals surface area contributed by atoms with Gasteiger partial charge in [-0.3, -0.25) is 9.69 Å². The molecule has 5 rings (SSSR count). The first-order valence-corrected chi connectivity index (χ1v) is 11.7. The maximum atomic E-state index is 12.7. The predicted molar refractivity (Wildman–Crippen MR) is 123 cm³/mol. The number of rotatable bonds is 5. The van der Waals surface area contributed by atoms with Crippen molar-refractivity contribution in [3.63, 3.8) is 0 Å². The summed E-state index contributed by atoms with van der Waals surface area (Å²) in [5.41, 5.74) is 1.33. The summed E-state index contributed by atoms with van der Waals surface area (Å²) in [6, 6.07) is 15.1. The molecule has 1 aromatic heterocycles. The molecule has 2 aliphatic rings. The van der Waals surface area contributed by atoms with Crippen LogP contribution in [-0.2, 0) is 29.0 Å². The third-order valence-electron chi connectivity index (χ3n) is 6.71. The number of aromatic nitrogens is 3. The van der Waals surface area contributed by atoms with Crippen molar-refractivity contribution in [3.05, 3.63) is 59.7 Å². The molecular formula is C25H31N5O2. The van der Waals surface area contributed by atoms with Crippen LogP contribution < -0.4 is 5.32 Å². The van der Waals surface area contributed by atoms with E-state index in [2.05, 4.69) is 67.4 Å². The Labute approximate surface area is 188 Å². The van der Waals surface area contributed by atoms with E-state index in [0.29, 0.717) is 13.2 Å². The van der Waals surface area contributed by atoms with E-state index in [9.17, 15) is 4.79 Å². The number of amides is 1. The molecule has 0 radical (unpaired) electrons. The Hall–Kier alpha value is -2.77. The largest absolute Gasteiger partial charge is 0.381 e. The van der Waals surface area contributed by atoms with Crippen LogP contribution in [0.1, 0.15) is 43.0 Å². The lowest BCUT2D eigenvalue weighted by atomic mass is 9.99. The van der Waals surface area contributed by atoms with Crippen LogP contribution in [0.25, 0.3) is 10.8 Å². The molecule has 1 unspecified atom stereocenters. The fourth-order valence-corrected chi connectivity index (χ4v) is 4.82. The molecule has 1 atom stereocenters. The summed E-state index contributed by atoms with van der Waals surface area (Å²) in [4.78, 5) is 15.1. The van der Waals surface area contributed by atoms with Crippen LogP contribution in [0.4, 0.5) is 0 Å². The summed E-state index contributed by atoms with van der Waals surface area (Å²) in [5.74, 6) is 2.00. The standard InChI is InChI=1S/C25H31N5O2/c1-18(26-25(31)21-9-14-32-15-10-21)24-28-27-23-8-11-29(12-13-30(23)24)17-19-6-7-20-4-2-3-5-22(20)16-19/h2-7,16,18,21H,8-15,17H2,1H3,(H,26,31). The van der Waals surface area contributed by atoms with Crippen LogP contribution in [0.2, 0.25) is 0 Å². The molecule has 32 heavy (non-hydrogen) atoms. The van der Waals surface area contributed by atoms with Crippen molar-refractivity contribution in [2.45, 2.75) is 45.3 Å². The van der Waals surface area contributed by atoms with Gasteiger partial charge in [-0.1, -0.05) is 36.4 Å². The molecule has 0 spiro atoms. The van der Waals surface area contributed by atoms with Gasteiger partial charge in [0, 0.05) is 51.7 Å². The van der Waals surface area contributed by atoms with E-state index >= 15 is 0 Å². The van der Waals surface area contributed by atoms with Crippen LogP contribution in [0, 0.1) is 5.92 Å². The second-order valence-electron chi connectivity index (χ2n) is 8.95. The Balaban J connectivity index is 1.23. The number of hydrogen-bond acceptors (Lipinski definition) is 5. The van der Waals surface area contributed by atoms with Crippen molar-refractivity contribution in [2.75, 3.05) is 26.3 Å². The second kappa shape index (κ2) is 9.38. The number of fused-ring (bicyclic) bond motifs is 2. The molecule has 7 nitrogen and oxygen atoms in total. The summed E-state index contributed by atoms with van der Waals surface area (Å²) in [6.07, 6.45) is 2.45. The lowest BCUT2D eigenvalue weighted by molar-refractivity contribution is -0.128. The molecule has 2 aromatic carbocycles. The van der Waals surface area contributed by atoms with Crippen molar-refractivity contribution in [1.82, 2.24) is 25.0 Å². The highest BCUT2D eigenvalue weighted by Gasteiger charge is 2.26. The van der Waals surface area contributed by atoms with Crippen LogP contribution in [0.3, 0.4) is 0 Å². The summed E-state index contributed by atoms with van der Waals surface area (Å²) in [7, 11) is 0.